The van der Waals surface area contributed by atoms with Crippen LogP contribution in [0.3, 0.4) is 0 Å². The fourth-order valence-electron chi connectivity index (χ4n) is 6.29. The van der Waals surface area contributed by atoms with Crippen LogP contribution in [0.4, 0.5) is 11.6 Å². The Bertz CT molecular complexity index is 1630. The molecule has 8 heteroatoms. The van der Waals surface area contributed by atoms with E-state index in [1.165, 1.54) is 23.0 Å². The van der Waals surface area contributed by atoms with Crippen LogP contribution in [0, 0.1) is 5.92 Å². The van der Waals surface area contributed by atoms with Gasteiger partial charge in [0.2, 0.25) is 0 Å². The molecule has 1 aliphatic carbocycles. The second-order valence-corrected chi connectivity index (χ2v) is 10.6. The highest BCUT2D eigenvalue weighted by atomic mass is 16.3. The highest BCUT2D eigenvalue weighted by Crippen LogP contribution is 2.40. The van der Waals surface area contributed by atoms with Gasteiger partial charge in [0.25, 0.3) is 0 Å². The Labute approximate surface area is 220 Å². The number of nitrogens with one attached hydrogen (secondary N) is 1. The van der Waals surface area contributed by atoms with Crippen molar-refractivity contribution in [2.75, 3.05) is 11.1 Å². The van der Waals surface area contributed by atoms with Gasteiger partial charge < -0.3 is 25.8 Å². The molecule has 5 aromatic rings. The van der Waals surface area contributed by atoms with E-state index in [-0.39, 0.29) is 18.0 Å². The number of aliphatic hydroxyl groups is 2. The first-order valence-electron chi connectivity index (χ1n) is 13.2. The molecular weight excluding hydrogens is 476 g/mol. The highest BCUT2D eigenvalue weighted by Gasteiger charge is 2.42. The molecule has 1 fully saturated rings. The molecule has 2 aromatic carbocycles. The molecule has 3 aromatic heterocycles. The van der Waals surface area contributed by atoms with Crippen LogP contribution in [-0.4, -0.2) is 41.9 Å². The summed E-state index contributed by atoms with van der Waals surface area (Å²) < 4.78 is 1.93. The van der Waals surface area contributed by atoms with E-state index in [0.29, 0.717) is 17.9 Å². The lowest BCUT2D eigenvalue weighted by Crippen LogP contribution is -2.29. The van der Waals surface area contributed by atoms with Crippen molar-refractivity contribution in [1.29, 1.82) is 0 Å². The summed E-state index contributed by atoms with van der Waals surface area (Å²) in [5.41, 5.74) is 11.3. The van der Waals surface area contributed by atoms with Gasteiger partial charge in [-0.2, -0.15) is 0 Å². The molecule has 0 saturated heterocycles. The Hall–Kier alpha value is -4.01. The van der Waals surface area contributed by atoms with Crippen LogP contribution >= 0.6 is 0 Å². The molecule has 0 radical (unpaired) electrons. The SMILES string of the molecule is Nc1ncnc2c1ccn2[C@@H]1C[C@H](CCc2ccc3cc4c(nc3c2)NC(c2ccccc2)C4)[C@@H](O)[C@H]1O. The minimum atomic E-state index is -0.865. The number of hydrogen-bond acceptors (Lipinski definition) is 7. The number of anilines is 2. The lowest BCUT2D eigenvalue weighted by atomic mass is 9.95. The summed E-state index contributed by atoms with van der Waals surface area (Å²) in [6.45, 7) is 0. The van der Waals surface area contributed by atoms with Crippen LogP contribution in [0.5, 0.6) is 0 Å². The molecule has 0 amide bonds. The molecule has 192 valence electrons. The largest absolute Gasteiger partial charge is 0.390 e. The molecule has 0 spiro atoms. The number of pyridine rings is 1. The number of rotatable bonds is 5. The molecule has 1 unspecified atom stereocenters. The molecule has 4 heterocycles. The van der Waals surface area contributed by atoms with Gasteiger partial charge in [-0.15, -0.1) is 0 Å². The Morgan fingerprint density at radius 3 is 2.74 bits per heavy atom. The highest BCUT2D eigenvalue weighted by molar-refractivity contribution is 5.86. The molecule has 5 N–H and O–H groups in total. The second kappa shape index (κ2) is 9.08. The summed E-state index contributed by atoms with van der Waals surface area (Å²) in [6.07, 6.45) is 4.83. The summed E-state index contributed by atoms with van der Waals surface area (Å²) in [6, 6.07) is 21.1. The Balaban J connectivity index is 1.07. The Morgan fingerprint density at radius 2 is 1.87 bits per heavy atom. The number of nitrogens with two attached hydrogens (primary N) is 1. The van der Waals surface area contributed by atoms with Crippen LogP contribution in [0.25, 0.3) is 21.9 Å². The number of benzene rings is 2. The minimum Gasteiger partial charge on any atom is -0.390 e. The number of nitrogen functional groups attached to an aromatic ring is 1. The van der Waals surface area contributed by atoms with Crippen LogP contribution in [0.1, 0.15) is 41.6 Å². The van der Waals surface area contributed by atoms with Gasteiger partial charge in [0.05, 0.1) is 29.1 Å². The predicted molar refractivity (Wildman–Crippen MR) is 148 cm³/mol. The summed E-state index contributed by atoms with van der Waals surface area (Å²) in [4.78, 5) is 13.4. The zero-order chi connectivity index (χ0) is 25.8. The molecule has 5 atom stereocenters. The van der Waals surface area contributed by atoms with E-state index in [1.54, 1.807) is 0 Å². The number of aromatic nitrogens is 4. The van der Waals surface area contributed by atoms with Gasteiger partial charge in [-0.1, -0.05) is 42.5 Å². The molecule has 2 aliphatic rings. The van der Waals surface area contributed by atoms with Crippen molar-refractivity contribution in [3.8, 4) is 0 Å². The van der Waals surface area contributed by atoms with Crippen molar-refractivity contribution < 1.29 is 10.2 Å². The maximum Gasteiger partial charge on any atom is 0.145 e. The van der Waals surface area contributed by atoms with Crippen molar-refractivity contribution in [3.05, 3.63) is 89.9 Å². The first kappa shape index (κ1) is 23.1. The molecule has 1 saturated carbocycles. The first-order chi connectivity index (χ1) is 18.5. The second-order valence-electron chi connectivity index (χ2n) is 10.6. The zero-order valence-corrected chi connectivity index (χ0v) is 20.9. The van der Waals surface area contributed by atoms with Crippen molar-refractivity contribution in [2.24, 2.45) is 5.92 Å². The third-order valence-corrected chi connectivity index (χ3v) is 8.37. The number of aryl methyl sites for hydroxylation is 1. The minimum absolute atomic E-state index is 0.0244. The lowest BCUT2D eigenvalue weighted by molar-refractivity contribution is 0.00545. The number of aliphatic hydroxyl groups excluding tert-OH is 2. The molecule has 0 bridgehead atoms. The lowest BCUT2D eigenvalue weighted by Gasteiger charge is -2.19. The van der Waals surface area contributed by atoms with Crippen molar-refractivity contribution in [3.63, 3.8) is 0 Å². The molecule has 7 rings (SSSR count). The summed E-state index contributed by atoms with van der Waals surface area (Å²) in [5.74, 6) is 1.35. The summed E-state index contributed by atoms with van der Waals surface area (Å²) >= 11 is 0. The number of fused-ring (bicyclic) bond motifs is 3. The van der Waals surface area contributed by atoms with Gasteiger partial charge in [0.1, 0.15) is 29.7 Å². The zero-order valence-electron chi connectivity index (χ0n) is 20.9. The van der Waals surface area contributed by atoms with E-state index < -0.39 is 12.2 Å². The molecular formula is C30H30N6O2. The van der Waals surface area contributed by atoms with E-state index in [9.17, 15) is 10.2 Å². The normalized spacial score (nSPS) is 24.6. The first-order valence-corrected chi connectivity index (χ1v) is 13.2. The average molecular weight is 507 g/mol. The van der Waals surface area contributed by atoms with E-state index in [1.807, 2.05) is 22.9 Å². The van der Waals surface area contributed by atoms with Gasteiger partial charge in [0.15, 0.2) is 0 Å². The topological polar surface area (TPSA) is 122 Å². The third-order valence-electron chi connectivity index (χ3n) is 8.37. The predicted octanol–water partition coefficient (Wildman–Crippen LogP) is 4.19. The summed E-state index contributed by atoms with van der Waals surface area (Å²) in [7, 11) is 0. The molecule has 38 heavy (non-hydrogen) atoms. The Kier molecular flexibility index (Phi) is 5.52. The Morgan fingerprint density at radius 1 is 1.00 bits per heavy atom. The third kappa shape index (κ3) is 3.88. The van der Waals surface area contributed by atoms with E-state index in [2.05, 4.69) is 63.8 Å². The van der Waals surface area contributed by atoms with Gasteiger partial charge in [-0.25, -0.2) is 15.0 Å². The van der Waals surface area contributed by atoms with Gasteiger partial charge in [-0.3, -0.25) is 0 Å². The molecule has 8 nitrogen and oxygen atoms in total. The standard InChI is InChI=1S/C30H30N6O2/c31-28-22-10-11-36(30(22)33-16-32-28)25-15-20(26(37)27(25)38)9-7-17-6-8-19-13-21-14-24(18-4-2-1-3-5-18)35-29(21)34-23(19)12-17/h1-6,8,10-13,16,20,24-27,37-38H,7,9,14-15H2,(H,34,35)(H2,31,32,33)/t20-,24?,25+,26+,27-/m0/s1. The number of nitrogens with zero attached hydrogens (tertiary/aromatic N) is 4. The smallest absolute Gasteiger partial charge is 0.145 e. The fraction of sp³-hybridized carbons (Fsp3) is 0.300. The van der Waals surface area contributed by atoms with Crippen LogP contribution in [-0.2, 0) is 12.8 Å². The maximum atomic E-state index is 10.9. The van der Waals surface area contributed by atoms with Crippen LogP contribution in [0.2, 0.25) is 0 Å². The van der Waals surface area contributed by atoms with Gasteiger partial charge in [-0.05, 0) is 60.1 Å². The van der Waals surface area contributed by atoms with Gasteiger partial charge >= 0.3 is 0 Å². The monoisotopic (exact) mass is 506 g/mol. The fourth-order valence-corrected chi connectivity index (χ4v) is 6.29. The quantitative estimate of drug-likeness (QED) is 0.282. The van der Waals surface area contributed by atoms with E-state index in [0.717, 1.165) is 41.4 Å². The van der Waals surface area contributed by atoms with E-state index >= 15 is 0 Å². The maximum absolute atomic E-state index is 10.9. The summed E-state index contributed by atoms with van der Waals surface area (Å²) in [5, 5.41) is 27.3. The van der Waals surface area contributed by atoms with Crippen LogP contribution in [0.15, 0.2) is 73.2 Å². The van der Waals surface area contributed by atoms with E-state index in [4.69, 9.17) is 10.7 Å². The van der Waals surface area contributed by atoms with Crippen molar-refractivity contribution >= 4 is 33.6 Å². The van der Waals surface area contributed by atoms with Gasteiger partial charge in [0, 0.05) is 18.0 Å². The molecule has 1 aliphatic heterocycles. The van der Waals surface area contributed by atoms with Crippen LogP contribution < -0.4 is 11.1 Å². The van der Waals surface area contributed by atoms with Crippen molar-refractivity contribution in [2.45, 2.75) is 50.0 Å². The average Bonchev–Trinajstić information content (AvgIpc) is 3.63. The number of hydrogen-bond donors (Lipinski definition) is 4. The van der Waals surface area contributed by atoms with Crippen molar-refractivity contribution in [1.82, 2.24) is 19.5 Å².